The van der Waals surface area contributed by atoms with Crippen molar-refractivity contribution >= 4 is 248 Å². The Morgan fingerprint density at radius 3 is 0.782 bits per heavy atom. The van der Waals surface area contributed by atoms with Crippen LogP contribution in [0.1, 0.15) is 66.2 Å². The minimum atomic E-state index is -1.99. The van der Waals surface area contributed by atoms with E-state index in [4.69, 9.17) is 22.3 Å². The van der Waals surface area contributed by atoms with Crippen LogP contribution < -0.4 is 145 Å². The Morgan fingerprint density at radius 2 is 0.483 bits per heavy atom. The molecule has 0 bridgehead atoms. The highest BCUT2D eigenvalue weighted by Crippen LogP contribution is 2.09. The molecule has 0 saturated heterocycles. The fourth-order valence-corrected chi connectivity index (χ4v) is 13.3. The molecular weight excluding hydrogens is 2100 g/mol. The summed E-state index contributed by atoms with van der Waals surface area (Å²) < 4.78 is 0. The van der Waals surface area contributed by atoms with Crippen LogP contribution >= 0.6 is 88.4 Å². The number of rotatable bonds is 72. The van der Waals surface area contributed by atoms with Crippen molar-refractivity contribution in [3.63, 3.8) is 0 Å². The minimum Gasteiger partial charge on any atom is -0.481 e. The molecule has 70 heteroatoms. The number of carboxylic acids is 2. The zero-order chi connectivity index (χ0) is 112. The molecule has 0 fully saturated rings. The van der Waals surface area contributed by atoms with E-state index in [0.717, 1.165) is 27.7 Å². The molecule has 0 unspecified atom stereocenters. The molecule has 21 atom stereocenters. The number of carbonyl (C=O) groups excluding carboxylic acids is 25. The first kappa shape index (κ1) is 135. The van der Waals surface area contributed by atoms with Gasteiger partial charge in [-0.25, -0.2) is 4.79 Å². The van der Waals surface area contributed by atoms with Crippen LogP contribution in [-0.2, 0) is 129 Å². The van der Waals surface area contributed by atoms with E-state index in [1.807, 2.05) is 5.32 Å². The highest BCUT2D eigenvalue weighted by molar-refractivity contribution is 7.81. The zero-order valence-corrected chi connectivity index (χ0v) is 85.5. The summed E-state index contributed by atoms with van der Waals surface area (Å²) in [7, 11) is 0. The van der Waals surface area contributed by atoms with Gasteiger partial charge in [0.15, 0.2) is 0 Å². The molecule has 0 aromatic rings. The SMILES string of the molecule is C[C@H](NC(=O)CNC(=O)[C@H](CO)NC(=O)[C@H](CS)NC(=O)CNC(=O)[C@H](CS)NC(=O)[C@H](CC(=O)O)NC(=O)CN)C(=O)N[C@@H](CO)C(=O)N[C@@H](CO)C(=O)N[C@@H](CS)C(=O)N[C@H](C(=O)N[C@@H](CS)C(=O)N[C@@H](C)C(=O)N[C@@H](CO)C(=O)NCC(=O)N[C@@H](CCC(N)=O)C(=O)N[C@@H](CS)C(=O)N[C@H](C(=O)N[C@@H](CS)C(=O)N[C@@H](CO)C(=O)NCC(=O)N[C@@H](CS)C(=O)NCC(=O)N[C@@H](CCCCN)C(=O)O)[C@@H](C)O)[C@@H](C)O. The Kier molecular flexibility index (Phi) is 66.2. The summed E-state index contributed by atoms with van der Waals surface area (Å²) >= 11 is 28.2. The van der Waals surface area contributed by atoms with Gasteiger partial charge in [0.1, 0.15) is 115 Å². The molecule has 0 aliphatic heterocycles. The first-order valence-electron chi connectivity index (χ1n) is 44.0. The first-order valence-corrected chi connectivity index (χ1v) is 48.5. The van der Waals surface area contributed by atoms with Crippen LogP contribution in [0.2, 0.25) is 0 Å². The number of amides is 25. The van der Waals surface area contributed by atoms with Crippen LogP contribution in [-0.4, -0.2) is 452 Å². The summed E-state index contributed by atoms with van der Waals surface area (Å²) in [5, 5.41) is 142. The summed E-state index contributed by atoms with van der Waals surface area (Å²) in [5.41, 5.74) is 15.9. The van der Waals surface area contributed by atoms with E-state index in [0.29, 0.717) is 12.8 Å². The van der Waals surface area contributed by atoms with E-state index in [2.05, 4.69) is 211 Å². The highest BCUT2D eigenvalue weighted by Gasteiger charge is 2.40. The third kappa shape index (κ3) is 51.3. The van der Waals surface area contributed by atoms with Gasteiger partial charge >= 0.3 is 11.9 Å². The number of unbranched alkanes of at least 4 members (excludes halogenated alkanes) is 1. The fourth-order valence-electron chi connectivity index (χ4n) is 11.5. The third-order valence-electron chi connectivity index (χ3n) is 19.7. The number of carbonyl (C=O) groups is 27. The van der Waals surface area contributed by atoms with Crippen molar-refractivity contribution in [3.05, 3.63) is 0 Å². The van der Waals surface area contributed by atoms with Gasteiger partial charge in [0, 0.05) is 46.7 Å². The predicted molar refractivity (Wildman–Crippen MR) is 529 cm³/mol. The van der Waals surface area contributed by atoms with E-state index >= 15 is 0 Å². The van der Waals surface area contributed by atoms with E-state index < -0.39 is 413 Å². The lowest BCUT2D eigenvalue weighted by Crippen LogP contribution is -2.62. The Labute approximate surface area is 875 Å². The van der Waals surface area contributed by atoms with Crippen molar-refractivity contribution in [1.29, 1.82) is 0 Å². The van der Waals surface area contributed by atoms with Crippen molar-refractivity contribution in [1.82, 2.24) is 128 Å². The quantitative estimate of drug-likeness (QED) is 0.0199. The maximum absolute atomic E-state index is 13.7. The second-order valence-corrected chi connectivity index (χ2v) is 34.0. The highest BCUT2D eigenvalue weighted by atomic mass is 32.1. The number of hydrogen-bond donors (Lipinski definition) is 43. The summed E-state index contributed by atoms with van der Waals surface area (Å²) in [4.78, 5) is 350. The number of aliphatic hydroxyl groups excluding tert-OH is 7. The van der Waals surface area contributed by atoms with Gasteiger partial charge in [-0.2, -0.15) is 88.4 Å². The van der Waals surface area contributed by atoms with Gasteiger partial charge in [-0.05, 0) is 59.9 Å². The molecule has 39 N–H and O–H groups in total. The van der Waals surface area contributed by atoms with Crippen LogP contribution in [0.5, 0.6) is 0 Å². The Balaban J connectivity index is 5.81. The number of primary amides is 1. The normalized spacial score (nSPS) is 15.2. The maximum Gasteiger partial charge on any atom is 0.326 e. The predicted octanol–water partition coefficient (Wildman–Crippen LogP) is -23.0. The smallest absolute Gasteiger partial charge is 0.326 e. The fraction of sp³-hybridized carbons (Fsp3) is 0.649. The van der Waals surface area contributed by atoms with Crippen molar-refractivity contribution in [2.45, 2.75) is 193 Å². The van der Waals surface area contributed by atoms with E-state index in [9.17, 15) is 170 Å². The molecule has 0 aliphatic rings. The number of aliphatic carboxylic acids is 2. The summed E-state index contributed by atoms with van der Waals surface area (Å²) in [6, 6.07) is -32.8. The van der Waals surface area contributed by atoms with E-state index in [1.54, 1.807) is 0 Å². The van der Waals surface area contributed by atoms with E-state index in [-0.39, 0.29) is 18.7 Å². The maximum atomic E-state index is 13.7. The average molecular weight is 2230 g/mol. The monoisotopic (exact) mass is 2230 g/mol. The lowest BCUT2D eigenvalue weighted by Gasteiger charge is -2.27. The number of carboxylic acid groups (broad SMARTS) is 2. The second-order valence-electron chi connectivity index (χ2n) is 31.4. The number of nitrogens with one attached hydrogen (secondary N) is 24. The van der Waals surface area contributed by atoms with Gasteiger partial charge in [-0.1, -0.05) is 0 Å². The van der Waals surface area contributed by atoms with Crippen LogP contribution in [0.4, 0.5) is 0 Å². The molecule has 0 heterocycles. The Bertz CT molecular complexity index is 4570. The zero-order valence-electron chi connectivity index (χ0n) is 79.2. The summed E-state index contributed by atoms with van der Waals surface area (Å²) in [6.45, 7) is -6.46. The molecule has 0 rings (SSSR count). The van der Waals surface area contributed by atoms with Crippen LogP contribution in [0.3, 0.4) is 0 Å². The molecule has 0 spiro atoms. The molecule has 63 nitrogen and oxygen atoms in total. The molecule has 25 amide bonds. The van der Waals surface area contributed by atoms with Gasteiger partial charge in [0.25, 0.3) is 0 Å². The Morgan fingerprint density at radius 1 is 0.252 bits per heavy atom. The number of aliphatic hydroxyl groups is 7. The molecule has 0 saturated carbocycles. The molecule has 0 radical (unpaired) electrons. The van der Waals surface area contributed by atoms with Gasteiger partial charge < -0.3 is 191 Å². The number of hydrogen-bond acceptors (Lipinski definition) is 43. The van der Waals surface area contributed by atoms with Crippen LogP contribution in [0, 0.1) is 0 Å². The summed E-state index contributed by atoms with van der Waals surface area (Å²) in [6.07, 6.45) is -4.76. The van der Waals surface area contributed by atoms with Crippen molar-refractivity contribution in [2.24, 2.45) is 17.2 Å². The summed E-state index contributed by atoms with van der Waals surface area (Å²) in [5.74, 6) is -35.1. The Hall–Kier alpha value is -12.2. The van der Waals surface area contributed by atoms with Crippen LogP contribution in [0.25, 0.3) is 0 Å². The topological polar surface area (TPSA) is 1010 Å². The lowest BCUT2D eigenvalue weighted by atomic mass is 10.1. The van der Waals surface area contributed by atoms with Gasteiger partial charge in [0.2, 0.25) is 148 Å². The number of thiol groups is 7. The molecular formula is C77H129N27O36S7. The largest absolute Gasteiger partial charge is 0.481 e. The van der Waals surface area contributed by atoms with Gasteiger partial charge in [-0.3, -0.25) is 125 Å². The molecule has 0 aromatic carbocycles. The van der Waals surface area contributed by atoms with Crippen molar-refractivity contribution in [2.75, 3.05) is 119 Å². The third-order valence-corrected chi connectivity index (χ3v) is 22.3. The number of nitrogens with two attached hydrogens (primary N) is 3. The van der Waals surface area contributed by atoms with Gasteiger partial charge in [-0.15, -0.1) is 0 Å². The first-order chi connectivity index (χ1) is 69.1. The molecule has 830 valence electrons. The van der Waals surface area contributed by atoms with E-state index in [1.165, 1.54) is 0 Å². The van der Waals surface area contributed by atoms with Crippen molar-refractivity contribution in [3.8, 4) is 0 Å². The van der Waals surface area contributed by atoms with Crippen molar-refractivity contribution < 1.29 is 175 Å². The molecule has 0 aromatic heterocycles. The molecule has 147 heavy (non-hydrogen) atoms. The van der Waals surface area contributed by atoms with Crippen LogP contribution in [0.15, 0.2) is 0 Å². The van der Waals surface area contributed by atoms with Gasteiger partial charge in [0.05, 0.1) is 90.9 Å². The average Bonchev–Trinajstić information content (AvgIpc) is 0.848. The second kappa shape index (κ2) is 72.2. The lowest BCUT2D eigenvalue weighted by molar-refractivity contribution is -0.142. The standard InChI is InChI=1S/C77H129N27O36S7/c1-30(86-51(114)13-81-62(124)38(19-106)95-71(133)44(25-143)92-55(118)17-85-65(127)43(24-142)98-67(129)36(11-56(119)120)90-50(113)12-79)59(121)94-40(21-108)68(130)97-41(22-109)69(131)100-48(29-147)74(136)104-57(32(3)110)75(137)101-45(26-144)70(132)87-31(2)60(122)93-37(18-105)61(123)82-14-52(115)88-34(8-9-49(80)112)66(128)99-47(28-146)73(135)103-58(33(4)111)76(138)102-46(27-145)72(134)96-39(20-107)63(125)83-16-54(117)91-42(23-141)64(126)84-15-53(116)89-35(77(139)140)7-5-6-10-78/h30-48,57-58,105-111,141-147H,5-29,78-79H2,1-4H3,(H2,80,112)(H,81,124)(H,82,123)(H,83,125)(H,84,126)(H,85,127)(H,86,114)(H,87,132)(H,88,115)(H,89,116)(H,90,113)(H,91,117)(H,92,118)(H,93,122)(H,94,121)(H,95,133)(H,96,134)(H,97,130)(H,98,129)(H,99,128)(H,100,131)(H,101,137)(H,102,138)(H,103,135)(H,104,136)(H,119,120)(H,139,140)/t30-,31-,32+,33+,34-,35-,36-,37-,38-,39-,40-,41-,42-,43-,44-,45-,46-,47-,48-,57-,58-/m0/s1. The minimum absolute atomic E-state index is 0.0551. The molecule has 0 aliphatic carbocycles.